The molecule has 11 heteroatoms. The summed E-state index contributed by atoms with van der Waals surface area (Å²) in [5.74, 6) is -1.65. The van der Waals surface area contributed by atoms with E-state index in [1.54, 1.807) is 52.8 Å². The van der Waals surface area contributed by atoms with E-state index in [4.69, 9.17) is 23.7 Å². The molecular formula is C29H40N2O9. The summed E-state index contributed by atoms with van der Waals surface area (Å²) in [6, 6.07) is 7.09. The van der Waals surface area contributed by atoms with E-state index >= 15 is 0 Å². The number of amides is 2. The van der Waals surface area contributed by atoms with Gasteiger partial charge in [-0.1, -0.05) is 36.4 Å². The smallest absolute Gasteiger partial charge is 0.413 e. The normalized spacial score (nSPS) is 25.7. The Balaban J connectivity index is 2.12. The zero-order valence-corrected chi connectivity index (χ0v) is 24.3. The molecule has 11 nitrogen and oxygen atoms in total. The first kappa shape index (κ1) is 30.9. The van der Waals surface area contributed by atoms with Gasteiger partial charge in [0, 0.05) is 6.04 Å². The molecule has 1 aromatic rings. The Labute approximate surface area is 235 Å². The molecule has 3 rings (SSSR count). The number of carbonyl (C=O) groups excluding carboxylic acids is 4. The van der Waals surface area contributed by atoms with Crippen LogP contribution >= 0.6 is 0 Å². The quantitative estimate of drug-likeness (QED) is 0.275. The van der Waals surface area contributed by atoms with E-state index in [1.165, 1.54) is 19.1 Å². The lowest BCUT2D eigenvalue weighted by atomic mass is 9.84. The first-order valence-electron chi connectivity index (χ1n) is 13.2. The zero-order valence-electron chi connectivity index (χ0n) is 24.3. The van der Waals surface area contributed by atoms with Crippen LogP contribution in [0.2, 0.25) is 0 Å². The van der Waals surface area contributed by atoms with E-state index in [-0.39, 0.29) is 13.0 Å². The molecule has 0 aromatic heterocycles. The maximum absolute atomic E-state index is 13.7. The van der Waals surface area contributed by atoms with E-state index in [1.807, 2.05) is 18.2 Å². The topological polar surface area (TPSA) is 121 Å². The van der Waals surface area contributed by atoms with Crippen LogP contribution in [0.25, 0.3) is 0 Å². The summed E-state index contributed by atoms with van der Waals surface area (Å²) >= 11 is 0. The maximum Gasteiger partial charge on any atom is 0.413 e. The third-order valence-corrected chi connectivity index (χ3v) is 7.10. The first-order chi connectivity index (χ1) is 18.7. The third-order valence-electron chi connectivity index (χ3n) is 7.10. The van der Waals surface area contributed by atoms with E-state index in [2.05, 4.69) is 6.58 Å². The first-order valence-corrected chi connectivity index (χ1v) is 13.2. The lowest BCUT2D eigenvalue weighted by Crippen LogP contribution is -2.67. The molecule has 1 aromatic carbocycles. The summed E-state index contributed by atoms with van der Waals surface area (Å²) in [6.45, 7) is 12.0. The van der Waals surface area contributed by atoms with Crippen molar-refractivity contribution in [2.24, 2.45) is 0 Å². The number of hydrogen-bond donors (Lipinski definition) is 0. The van der Waals surface area contributed by atoms with Gasteiger partial charge in [-0.05, 0) is 59.4 Å². The summed E-state index contributed by atoms with van der Waals surface area (Å²) in [4.78, 5) is 56.7. The lowest BCUT2D eigenvalue weighted by molar-refractivity contribution is -0.171. The van der Waals surface area contributed by atoms with Crippen molar-refractivity contribution >= 4 is 24.1 Å². The third kappa shape index (κ3) is 5.94. The molecule has 0 aliphatic carbocycles. The van der Waals surface area contributed by atoms with Gasteiger partial charge in [0.05, 0.1) is 14.2 Å². The number of carbonyl (C=O) groups is 4. The number of esters is 2. The number of hydrogen-bond acceptors (Lipinski definition) is 9. The van der Waals surface area contributed by atoms with Gasteiger partial charge in [0.2, 0.25) is 0 Å². The van der Waals surface area contributed by atoms with Gasteiger partial charge in [-0.25, -0.2) is 19.2 Å². The monoisotopic (exact) mass is 560 g/mol. The Morgan fingerprint density at radius 2 is 1.70 bits per heavy atom. The molecule has 220 valence electrons. The van der Waals surface area contributed by atoms with Gasteiger partial charge in [-0.15, -0.1) is 6.58 Å². The Bertz CT molecular complexity index is 1110. The van der Waals surface area contributed by atoms with Crippen molar-refractivity contribution in [1.29, 1.82) is 0 Å². The van der Waals surface area contributed by atoms with Crippen molar-refractivity contribution in [1.82, 2.24) is 9.80 Å². The van der Waals surface area contributed by atoms with Crippen LogP contribution in [0.3, 0.4) is 0 Å². The summed E-state index contributed by atoms with van der Waals surface area (Å²) < 4.78 is 28.0. The Hall–Kier alpha value is -3.60. The van der Waals surface area contributed by atoms with Crippen molar-refractivity contribution < 1.29 is 42.9 Å². The van der Waals surface area contributed by atoms with Crippen LogP contribution in [-0.2, 0) is 39.9 Å². The highest BCUT2D eigenvalue weighted by molar-refractivity contribution is 5.91. The standard InChI is InChI=1S/C29H40N2O9/c1-9-13-20-16-17-29(24(33)37-8,30(20)26(35)40-27(2,3)4)22-21(23(32)36-7)31(28(5,6)39-22)25(34)38-18-19-14-11-10-12-15-19/h9-12,14-15,20-22H,1,13,16-18H2,2-8H3/t20-,21-,22+,29-/m1/s1. The fourth-order valence-electron chi connectivity index (χ4n) is 5.51. The van der Waals surface area contributed by atoms with Crippen molar-refractivity contribution in [2.45, 2.75) is 95.5 Å². The van der Waals surface area contributed by atoms with Crippen LogP contribution in [0.1, 0.15) is 59.4 Å². The van der Waals surface area contributed by atoms with Crippen LogP contribution < -0.4 is 0 Å². The van der Waals surface area contributed by atoms with E-state index in [9.17, 15) is 19.2 Å². The van der Waals surface area contributed by atoms with Crippen molar-refractivity contribution in [3.05, 3.63) is 48.6 Å². The molecule has 0 saturated carbocycles. The predicted molar refractivity (Wildman–Crippen MR) is 144 cm³/mol. The Morgan fingerprint density at radius 3 is 2.25 bits per heavy atom. The van der Waals surface area contributed by atoms with Gasteiger partial charge in [-0.3, -0.25) is 9.80 Å². The fraction of sp³-hybridized carbons (Fsp3) is 0.586. The minimum Gasteiger partial charge on any atom is -0.467 e. The largest absolute Gasteiger partial charge is 0.467 e. The fourth-order valence-corrected chi connectivity index (χ4v) is 5.51. The SMILES string of the molecule is C=CC[C@@H]1CC[C@](C(=O)OC)([C@H]2OC(C)(C)N(C(=O)OCc3ccccc3)[C@H]2C(=O)OC)N1C(=O)OC(C)(C)C. The molecule has 0 bridgehead atoms. The maximum atomic E-state index is 13.7. The van der Waals surface area contributed by atoms with Gasteiger partial charge in [0.15, 0.2) is 11.6 Å². The molecule has 0 spiro atoms. The summed E-state index contributed by atoms with van der Waals surface area (Å²) in [5, 5.41) is 0. The van der Waals surface area contributed by atoms with Crippen molar-refractivity contribution in [2.75, 3.05) is 14.2 Å². The number of rotatable bonds is 7. The molecule has 2 heterocycles. The molecule has 2 aliphatic rings. The Morgan fingerprint density at radius 1 is 1.05 bits per heavy atom. The van der Waals surface area contributed by atoms with Gasteiger partial charge in [0.1, 0.15) is 24.0 Å². The van der Waals surface area contributed by atoms with Gasteiger partial charge < -0.3 is 23.7 Å². The van der Waals surface area contributed by atoms with E-state index in [0.29, 0.717) is 12.8 Å². The van der Waals surface area contributed by atoms with Crippen LogP contribution in [0, 0.1) is 0 Å². The minimum atomic E-state index is -1.82. The second kappa shape index (κ2) is 11.9. The number of benzene rings is 1. The summed E-state index contributed by atoms with van der Waals surface area (Å²) in [7, 11) is 2.36. The Kier molecular flexibility index (Phi) is 9.18. The molecular weight excluding hydrogens is 520 g/mol. The molecule has 2 fully saturated rings. The van der Waals surface area contributed by atoms with Crippen molar-refractivity contribution in [3.8, 4) is 0 Å². The summed E-state index contributed by atoms with van der Waals surface area (Å²) in [5.41, 5.74) is -3.40. The van der Waals surface area contributed by atoms with E-state index < -0.39 is 59.2 Å². The zero-order chi connectivity index (χ0) is 29.9. The number of ether oxygens (including phenoxy) is 5. The molecule has 4 atom stereocenters. The molecule has 0 radical (unpaired) electrons. The summed E-state index contributed by atoms with van der Waals surface area (Å²) in [6.07, 6.45) is -0.562. The highest BCUT2D eigenvalue weighted by Gasteiger charge is 2.69. The predicted octanol–water partition coefficient (Wildman–Crippen LogP) is 4.19. The molecule has 2 aliphatic heterocycles. The second-order valence-electron chi connectivity index (χ2n) is 11.3. The molecule has 40 heavy (non-hydrogen) atoms. The molecule has 2 amide bonds. The van der Waals surface area contributed by atoms with Crippen LogP contribution in [0.5, 0.6) is 0 Å². The second-order valence-corrected chi connectivity index (χ2v) is 11.3. The average molecular weight is 561 g/mol. The molecule has 0 N–H and O–H groups in total. The van der Waals surface area contributed by atoms with Crippen LogP contribution in [-0.4, -0.2) is 83.2 Å². The molecule has 2 saturated heterocycles. The highest BCUT2D eigenvalue weighted by Crippen LogP contribution is 2.48. The van der Waals surface area contributed by atoms with Gasteiger partial charge in [-0.2, -0.15) is 0 Å². The number of likely N-dealkylation sites (tertiary alicyclic amines) is 1. The van der Waals surface area contributed by atoms with E-state index in [0.717, 1.165) is 10.5 Å². The van der Waals surface area contributed by atoms with Crippen LogP contribution in [0.15, 0.2) is 43.0 Å². The van der Waals surface area contributed by atoms with Crippen LogP contribution in [0.4, 0.5) is 9.59 Å². The average Bonchev–Trinajstić information content (AvgIpc) is 3.41. The highest BCUT2D eigenvalue weighted by atomic mass is 16.6. The van der Waals surface area contributed by atoms with Crippen molar-refractivity contribution in [3.63, 3.8) is 0 Å². The van der Waals surface area contributed by atoms with Gasteiger partial charge in [0.25, 0.3) is 0 Å². The number of methoxy groups -OCH3 is 2. The van der Waals surface area contributed by atoms with Gasteiger partial charge >= 0.3 is 24.1 Å². The minimum absolute atomic E-state index is 0.0571. The molecule has 0 unspecified atom stereocenters. The lowest BCUT2D eigenvalue weighted by Gasteiger charge is -2.43. The number of nitrogens with zero attached hydrogens (tertiary/aromatic N) is 2.